The van der Waals surface area contributed by atoms with Crippen molar-refractivity contribution in [2.45, 2.75) is 25.8 Å². The van der Waals surface area contributed by atoms with E-state index in [1.54, 1.807) is 12.1 Å². The highest BCUT2D eigenvalue weighted by Crippen LogP contribution is 2.20. The second-order valence-corrected chi connectivity index (χ2v) is 8.44. The molecule has 2 rings (SSSR count). The Hall–Kier alpha value is -1.41. The van der Waals surface area contributed by atoms with Gasteiger partial charge in [-0.25, -0.2) is 8.42 Å². The van der Waals surface area contributed by atoms with E-state index in [0.717, 1.165) is 10.0 Å². The molecule has 6 nitrogen and oxygen atoms in total. The van der Waals surface area contributed by atoms with Gasteiger partial charge >= 0.3 is 0 Å². The topological polar surface area (TPSA) is 92.3 Å². The van der Waals surface area contributed by atoms with Crippen LogP contribution in [-0.2, 0) is 19.4 Å². The summed E-state index contributed by atoms with van der Waals surface area (Å²) >= 11 is 3.37. The molecule has 1 aromatic rings. The number of carbonyl (C=O) groups is 2. The molecule has 1 fully saturated rings. The fourth-order valence-corrected chi connectivity index (χ4v) is 4.18. The number of nitrogens with one attached hydrogen (secondary N) is 2. The molecule has 1 aromatic carbocycles. The quantitative estimate of drug-likeness (QED) is 0.762. The Balaban J connectivity index is 1.84. The van der Waals surface area contributed by atoms with E-state index in [2.05, 4.69) is 26.6 Å². The average Bonchev–Trinajstić information content (AvgIpc) is 2.72. The van der Waals surface area contributed by atoms with Crippen molar-refractivity contribution < 1.29 is 18.0 Å². The Morgan fingerprint density at radius 3 is 2.64 bits per heavy atom. The third-order valence-electron chi connectivity index (χ3n) is 3.36. The molecule has 0 saturated carbocycles. The predicted molar refractivity (Wildman–Crippen MR) is 87.3 cm³/mol. The van der Waals surface area contributed by atoms with Crippen LogP contribution in [0, 0.1) is 6.92 Å². The summed E-state index contributed by atoms with van der Waals surface area (Å²) in [5, 5.41) is 5.23. The van der Waals surface area contributed by atoms with Gasteiger partial charge in [0.2, 0.25) is 11.8 Å². The van der Waals surface area contributed by atoms with Gasteiger partial charge in [-0.1, -0.05) is 15.9 Å². The van der Waals surface area contributed by atoms with Crippen molar-refractivity contribution in [3.8, 4) is 0 Å². The van der Waals surface area contributed by atoms with Gasteiger partial charge in [0.25, 0.3) is 0 Å². The number of carbonyl (C=O) groups excluding carboxylic acids is 2. The molecule has 1 aliphatic heterocycles. The Morgan fingerprint density at radius 1 is 1.32 bits per heavy atom. The summed E-state index contributed by atoms with van der Waals surface area (Å²) in [6, 6.07) is 4.95. The summed E-state index contributed by atoms with van der Waals surface area (Å²) in [6.45, 7) is 1.90. The van der Waals surface area contributed by atoms with Crippen LogP contribution in [0.1, 0.15) is 18.4 Å². The third kappa shape index (κ3) is 4.81. The smallest absolute Gasteiger partial charge is 0.233 e. The Morgan fingerprint density at radius 2 is 2.05 bits per heavy atom. The lowest BCUT2D eigenvalue weighted by molar-refractivity contribution is -0.127. The molecular weight excluding hydrogens is 372 g/mol. The van der Waals surface area contributed by atoms with E-state index in [0.29, 0.717) is 12.1 Å². The fraction of sp³-hybridized carbons (Fsp3) is 0.429. The minimum atomic E-state index is -3.05. The summed E-state index contributed by atoms with van der Waals surface area (Å²) in [5.41, 5.74) is 1.58. The number of hydrogen-bond acceptors (Lipinski definition) is 4. The number of anilines is 1. The zero-order chi connectivity index (χ0) is 16.3. The van der Waals surface area contributed by atoms with Crippen molar-refractivity contribution in [3.63, 3.8) is 0 Å². The van der Waals surface area contributed by atoms with E-state index in [1.165, 1.54) is 0 Å². The van der Waals surface area contributed by atoms with Crippen LogP contribution in [0.2, 0.25) is 0 Å². The van der Waals surface area contributed by atoms with Crippen molar-refractivity contribution in [2.75, 3.05) is 16.8 Å². The first-order chi connectivity index (χ1) is 10.2. The number of aryl methyl sites for hydroxylation is 1. The molecule has 1 aliphatic rings. The van der Waals surface area contributed by atoms with Gasteiger partial charge in [0.1, 0.15) is 6.42 Å². The highest BCUT2D eigenvalue weighted by Gasteiger charge is 2.29. The van der Waals surface area contributed by atoms with Gasteiger partial charge in [-0.05, 0) is 37.1 Å². The third-order valence-corrected chi connectivity index (χ3v) is 6.02. The van der Waals surface area contributed by atoms with Crippen LogP contribution < -0.4 is 10.6 Å². The normalized spacial score (nSPS) is 19.6. The number of halogens is 1. The van der Waals surface area contributed by atoms with Gasteiger partial charge < -0.3 is 10.6 Å². The highest BCUT2D eigenvalue weighted by atomic mass is 79.9. The van der Waals surface area contributed by atoms with E-state index in [4.69, 9.17) is 0 Å². The number of sulfone groups is 1. The van der Waals surface area contributed by atoms with E-state index >= 15 is 0 Å². The molecule has 120 valence electrons. The lowest BCUT2D eigenvalue weighted by Crippen LogP contribution is -2.37. The Labute approximate surface area is 137 Å². The van der Waals surface area contributed by atoms with Crippen molar-refractivity contribution >= 4 is 43.3 Å². The lowest BCUT2D eigenvalue weighted by Gasteiger charge is -2.11. The number of amides is 2. The van der Waals surface area contributed by atoms with Crippen LogP contribution in [0.4, 0.5) is 5.69 Å². The highest BCUT2D eigenvalue weighted by molar-refractivity contribution is 9.10. The molecular formula is C14H17BrN2O4S. The van der Waals surface area contributed by atoms with E-state index in [1.807, 2.05) is 13.0 Å². The summed E-state index contributed by atoms with van der Waals surface area (Å²) in [5.74, 6) is -0.859. The lowest BCUT2D eigenvalue weighted by atomic mass is 10.2. The largest absolute Gasteiger partial charge is 0.352 e. The molecule has 1 atom stereocenters. The summed E-state index contributed by atoms with van der Waals surface area (Å²) < 4.78 is 23.6. The first-order valence-corrected chi connectivity index (χ1v) is 9.42. The van der Waals surface area contributed by atoms with E-state index < -0.39 is 21.7 Å². The van der Waals surface area contributed by atoms with Crippen LogP contribution in [0.3, 0.4) is 0 Å². The van der Waals surface area contributed by atoms with Crippen LogP contribution in [0.25, 0.3) is 0 Å². The van der Waals surface area contributed by atoms with Gasteiger partial charge in [0.15, 0.2) is 9.84 Å². The molecule has 2 amide bonds. The Kier molecular flexibility index (Phi) is 5.23. The standard InChI is InChI=1S/C14H17BrN2O4S/c1-9-6-10(2-3-12(9)15)16-13(18)7-14(19)17-11-4-5-22(20,21)8-11/h2-3,6,11H,4-5,7-8H2,1H3,(H,16,18)(H,17,19). The molecule has 0 aromatic heterocycles. The molecule has 1 saturated heterocycles. The van der Waals surface area contributed by atoms with Gasteiger partial charge in [0, 0.05) is 16.2 Å². The molecule has 0 bridgehead atoms. The molecule has 1 heterocycles. The van der Waals surface area contributed by atoms with Gasteiger partial charge in [0.05, 0.1) is 11.5 Å². The first-order valence-electron chi connectivity index (χ1n) is 6.81. The SMILES string of the molecule is Cc1cc(NC(=O)CC(=O)NC2CCS(=O)(=O)C2)ccc1Br. The molecule has 0 spiro atoms. The maximum absolute atomic E-state index is 11.8. The Bertz CT molecular complexity index is 703. The number of benzene rings is 1. The monoisotopic (exact) mass is 388 g/mol. The molecule has 8 heteroatoms. The maximum Gasteiger partial charge on any atom is 0.233 e. The van der Waals surface area contributed by atoms with Crippen LogP contribution in [0.15, 0.2) is 22.7 Å². The van der Waals surface area contributed by atoms with Crippen LogP contribution >= 0.6 is 15.9 Å². The van der Waals surface area contributed by atoms with Crippen LogP contribution in [-0.4, -0.2) is 37.8 Å². The first kappa shape index (κ1) is 17.0. The van der Waals surface area contributed by atoms with Crippen molar-refractivity contribution in [1.82, 2.24) is 5.32 Å². The van der Waals surface area contributed by atoms with E-state index in [9.17, 15) is 18.0 Å². The second-order valence-electron chi connectivity index (χ2n) is 5.36. The van der Waals surface area contributed by atoms with Crippen molar-refractivity contribution in [2.24, 2.45) is 0 Å². The second kappa shape index (κ2) is 6.78. The van der Waals surface area contributed by atoms with Crippen molar-refractivity contribution in [1.29, 1.82) is 0 Å². The zero-order valence-corrected chi connectivity index (χ0v) is 14.5. The van der Waals surface area contributed by atoms with Crippen molar-refractivity contribution in [3.05, 3.63) is 28.2 Å². The fourth-order valence-electron chi connectivity index (χ4n) is 2.26. The summed E-state index contributed by atoms with van der Waals surface area (Å²) in [7, 11) is -3.05. The zero-order valence-electron chi connectivity index (χ0n) is 12.1. The molecule has 0 radical (unpaired) electrons. The molecule has 22 heavy (non-hydrogen) atoms. The van der Waals surface area contributed by atoms with E-state index in [-0.39, 0.29) is 24.0 Å². The van der Waals surface area contributed by atoms with Crippen LogP contribution in [0.5, 0.6) is 0 Å². The van der Waals surface area contributed by atoms with Gasteiger partial charge in [-0.2, -0.15) is 0 Å². The molecule has 0 aliphatic carbocycles. The van der Waals surface area contributed by atoms with Gasteiger partial charge in [-0.3, -0.25) is 9.59 Å². The number of hydrogen-bond donors (Lipinski definition) is 2. The maximum atomic E-state index is 11.8. The minimum absolute atomic E-state index is 0.0493. The predicted octanol–water partition coefficient (Wildman–Crippen LogP) is 1.39. The minimum Gasteiger partial charge on any atom is -0.352 e. The average molecular weight is 389 g/mol. The summed E-state index contributed by atoms with van der Waals surface area (Å²) in [6.07, 6.45) is 0.0766. The molecule has 2 N–H and O–H groups in total. The van der Waals surface area contributed by atoms with Gasteiger partial charge in [-0.15, -0.1) is 0 Å². The summed E-state index contributed by atoms with van der Waals surface area (Å²) in [4.78, 5) is 23.6. The number of rotatable bonds is 4. The molecule has 1 unspecified atom stereocenters.